The number of nitrogens with zero attached hydrogens (tertiary/aromatic N) is 1. The van der Waals surface area contributed by atoms with Crippen molar-refractivity contribution in [3.05, 3.63) is 94.4 Å². The Morgan fingerprint density at radius 1 is 1.00 bits per heavy atom. The number of methoxy groups -OCH3 is 1. The zero-order chi connectivity index (χ0) is 24.8. The number of carbonyl (C=O) groups excluding carboxylic acids is 3. The number of benzene rings is 3. The molecule has 1 fully saturated rings. The minimum Gasteiger partial charge on any atom is -0.493 e. The summed E-state index contributed by atoms with van der Waals surface area (Å²) < 4.78 is 11.4. The Morgan fingerprint density at radius 3 is 2.46 bits per heavy atom. The van der Waals surface area contributed by atoms with E-state index in [1.54, 1.807) is 48.5 Å². The Labute approximate surface area is 207 Å². The first kappa shape index (κ1) is 24.1. The first-order valence-corrected chi connectivity index (χ1v) is 11.7. The highest BCUT2D eigenvalue weighted by molar-refractivity contribution is 8.18. The molecule has 0 saturated carbocycles. The van der Waals surface area contributed by atoms with Crippen LogP contribution in [0.2, 0.25) is 0 Å². The van der Waals surface area contributed by atoms with Gasteiger partial charge < -0.3 is 14.8 Å². The summed E-state index contributed by atoms with van der Waals surface area (Å²) >= 11 is 0.798. The molecule has 1 saturated heterocycles. The van der Waals surface area contributed by atoms with Crippen LogP contribution in [0, 0.1) is 6.92 Å². The SMILES string of the molecule is COc1cc(/C=C2/SC(=O)N(CC(=O)Nc3ccccc3)C2=O)ccc1OCc1ccc(C)cc1. The molecule has 4 rings (SSSR count). The fourth-order valence-electron chi connectivity index (χ4n) is 3.39. The number of carbonyl (C=O) groups is 3. The first-order valence-electron chi connectivity index (χ1n) is 10.9. The lowest BCUT2D eigenvalue weighted by Gasteiger charge is -2.12. The zero-order valence-electron chi connectivity index (χ0n) is 19.3. The molecule has 3 aromatic rings. The number of para-hydroxylation sites is 1. The average Bonchev–Trinajstić information content (AvgIpc) is 3.12. The molecule has 0 atom stereocenters. The van der Waals surface area contributed by atoms with E-state index in [-0.39, 0.29) is 11.4 Å². The molecule has 0 aliphatic carbocycles. The van der Waals surface area contributed by atoms with Crippen LogP contribution < -0.4 is 14.8 Å². The van der Waals surface area contributed by atoms with Crippen LogP contribution in [-0.2, 0) is 16.2 Å². The average molecular weight is 489 g/mol. The number of nitrogens with one attached hydrogen (secondary N) is 1. The highest BCUT2D eigenvalue weighted by atomic mass is 32.2. The van der Waals surface area contributed by atoms with E-state index < -0.39 is 17.1 Å². The lowest BCUT2D eigenvalue weighted by molar-refractivity contribution is -0.127. The van der Waals surface area contributed by atoms with Gasteiger partial charge in [-0.05, 0) is 60.2 Å². The number of hydrogen-bond acceptors (Lipinski definition) is 6. The number of anilines is 1. The van der Waals surface area contributed by atoms with E-state index in [1.165, 1.54) is 12.7 Å². The maximum Gasteiger partial charge on any atom is 0.294 e. The van der Waals surface area contributed by atoms with Crippen molar-refractivity contribution in [3.8, 4) is 11.5 Å². The van der Waals surface area contributed by atoms with Crippen molar-refractivity contribution < 1.29 is 23.9 Å². The number of thioether (sulfide) groups is 1. The number of ether oxygens (including phenoxy) is 2. The quantitative estimate of drug-likeness (QED) is 0.436. The number of aryl methyl sites for hydroxylation is 1. The van der Waals surface area contributed by atoms with Gasteiger partial charge in [0.25, 0.3) is 11.1 Å². The molecule has 0 radical (unpaired) electrons. The number of hydrogen-bond donors (Lipinski definition) is 1. The molecule has 0 aromatic heterocycles. The Kier molecular flexibility index (Phi) is 7.52. The Bertz CT molecular complexity index is 1270. The highest BCUT2D eigenvalue weighted by Gasteiger charge is 2.36. The molecule has 7 nitrogen and oxygen atoms in total. The van der Waals surface area contributed by atoms with E-state index in [1.807, 2.05) is 37.3 Å². The molecule has 1 aliphatic heterocycles. The fourth-order valence-corrected chi connectivity index (χ4v) is 4.23. The standard InChI is InChI=1S/C27H24N2O5S/c1-18-8-10-19(11-9-18)17-34-22-13-12-20(14-23(22)33-2)15-24-26(31)29(27(32)35-24)16-25(30)28-21-6-4-3-5-7-21/h3-15H,16-17H2,1-2H3,(H,28,30)/b24-15+. The van der Waals surface area contributed by atoms with E-state index in [4.69, 9.17) is 9.47 Å². The van der Waals surface area contributed by atoms with Gasteiger partial charge in [-0.15, -0.1) is 0 Å². The smallest absolute Gasteiger partial charge is 0.294 e. The van der Waals surface area contributed by atoms with Crippen molar-refractivity contribution in [1.29, 1.82) is 0 Å². The summed E-state index contributed by atoms with van der Waals surface area (Å²) in [7, 11) is 1.54. The number of imide groups is 1. The molecule has 3 amide bonds. The third-order valence-electron chi connectivity index (χ3n) is 5.23. The van der Waals surface area contributed by atoms with Crippen molar-refractivity contribution in [3.63, 3.8) is 0 Å². The number of amides is 3. The molecule has 0 bridgehead atoms. The fraction of sp³-hybridized carbons (Fsp3) is 0.148. The minimum atomic E-state index is -0.512. The van der Waals surface area contributed by atoms with E-state index in [0.717, 1.165) is 22.2 Å². The van der Waals surface area contributed by atoms with Gasteiger partial charge in [0.1, 0.15) is 13.2 Å². The molecule has 8 heteroatoms. The lowest BCUT2D eigenvalue weighted by Crippen LogP contribution is -2.36. The van der Waals surface area contributed by atoms with Crippen LogP contribution in [0.15, 0.2) is 77.7 Å². The van der Waals surface area contributed by atoms with Crippen LogP contribution in [-0.4, -0.2) is 35.6 Å². The normalized spacial score (nSPS) is 14.3. The van der Waals surface area contributed by atoms with Crippen LogP contribution in [0.1, 0.15) is 16.7 Å². The van der Waals surface area contributed by atoms with Crippen molar-refractivity contribution in [1.82, 2.24) is 4.90 Å². The molecular formula is C27H24N2O5S. The zero-order valence-corrected chi connectivity index (χ0v) is 20.1. The molecule has 1 heterocycles. The van der Waals surface area contributed by atoms with Crippen molar-refractivity contribution in [2.24, 2.45) is 0 Å². The molecule has 1 aliphatic rings. The maximum absolute atomic E-state index is 12.8. The Balaban J connectivity index is 1.42. The monoisotopic (exact) mass is 488 g/mol. The van der Waals surface area contributed by atoms with Gasteiger partial charge in [0.15, 0.2) is 11.5 Å². The molecule has 0 unspecified atom stereocenters. The first-order chi connectivity index (χ1) is 16.9. The van der Waals surface area contributed by atoms with Crippen LogP contribution >= 0.6 is 11.8 Å². The molecular weight excluding hydrogens is 464 g/mol. The Hall–Kier alpha value is -4.04. The molecule has 35 heavy (non-hydrogen) atoms. The van der Waals surface area contributed by atoms with Gasteiger partial charge in [0.2, 0.25) is 5.91 Å². The molecule has 178 valence electrons. The van der Waals surface area contributed by atoms with E-state index in [2.05, 4.69) is 5.32 Å². The topological polar surface area (TPSA) is 84.9 Å². The van der Waals surface area contributed by atoms with Crippen LogP contribution in [0.3, 0.4) is 0 Å². The van der Waals surface area contributed by atoms with Crippen LogP contribution in [0.5, 0.6) is 11.5 Å². The third kappa shape index (κ3) is 6.10. The second-order valence-electron chi connectivity index (χ2n) is 7.87. The van der Waals surface area contributed by atoms with Gasteiger partial charge in [0, 0.05) is 5.69 Å². The summed E-state index contributed by atoms with van der Waals surface area (Å²) in [6, 6.07) is 22.2. The van der Waals surface area contributed by atoms with Crippen LogP contribution in [0.25, 0.3) is 6.08 Å². The second kappa shape index (κ2) is 10.9. The molecule has 0 spiro atoms. The summed E-state index contributed by atoms with van der Waals surface area (Å²) in [5, 5.41) is 2.19. The van der Waals surface area contributed by atoms with Crippen LogP contribution in [0.4, 0.5) is 10.5 Å². The lowest BCUT2D eigenvalue weighted by atomic mass is 10.1. The van der Waals surface area contributed by atoms with Crippen molar-refractivity contribution >= 4 is 40.6 Å². The predicted molar refractivity (Wildman–Crippen MR) is 136 cm³/mol. The molecule has 3 aromatic carbocycles. The van der Waals surface area contributed by atoms with Crippen molar-refractivity contribution in [2.75, 3.05) is 19.0 Å². The predicted octanol–water partition coefficient (Wildman–Crippen LogP) is 5.26. The van der Waals surface area contributed by atoms with E-state index in [0.29, 0.717) is 29.4 Å². The summed E-state index contributed by atoms with van der Waals surface area (Å²) in [5.41, 5.74) is 3.48. The second-order valence-corrected chi connectivity index (χ2v) is 8.86. The van der Waals surface area contributed by atoms with Crippen molar-refractivity contribution in [2.45, 2.75) is 13.5 Å². The summed E-state index contributed by atoms with van der Waals surface area (Å²) in [5.74, 6) is 0.113. The van der Waals surface area contributed by atoms with E-state index in [9.17, 15) is 14.4 Å². The van der Waals surface area contributed by atoms with Gasteiger partial charge >= 0.3 is 0 Å². The summed E-state index contributed by atoms with van der Waals surface area (Å²) in [6.07, 6.45) is 1.60. The van der Waals surface area contributed by atoms with Gasteiger partial charge in [-0.25, -0.2) is 0 Å². The molecule has 1 N–H and O–H groups in total. The van der Waals surface area contributed by atoms with Gasteiger partial charge in [-0.3, -0.25) is 19.3 Å². The highest BCUT2D eigenvalue weighted by Crippen LogP contribution is 2.34. The summed E-state index contributed by atoms with van der Waals surface area (Å²) in [4.78, 5) is 38.7. The summed E-state index contributed by atoms with van der Waals surface area (Å²) in [6.45, 7) is 2.06. The third-order valence-corrected chi connectivity index (χ3v) is 6.14. The van der Waals surface area contributed by atoms with Gasteiger partial charge in [-0.1, -0.05) is 54.1 Å². The van der Waals surface area contributed by atoms with Gasteiger partial charge in [-0.2, -0.15) is 0 Å². The van der Waals surface area contributed by atoms with E-state index >= 15 is 0 Å². The Morgan fingerprint density at radius 2 is 1.74 bits per heavy atom. The minimum absolute atomic E-state index is 0.234. The van der Waals surface area contributed by atoms with Gasteiger partial charge in [0.05, 0.1) is 12.0 Å². The maximum atomic E-state index is 12.8. The number of rotatable bonds is 8. The largest absolute Gasteiger partial charge is 0.493 e.